The Balaban J connectivity index is 1.95. The number of nitrogens with zero attached hydrogens (tertiary/aromatic N) is 1. The van der Waals surface area contributed by atoms with Crippen LogP contribution in [0.1, 0.15) is 42.6 Å². The molecule has 0 aromatic carbocycles. The topological polar surface area (TPSA) is 62.2 Å². The first-order chi connectivity index (χ1) is 9.60. The predicted octanol–water partition coefficient (Wildman–Crippen LogP) is 2.02. The minimum absolute atomic E-state index is 0.121. The number of rotatable bonds is 6. The Hall–Kier alpha value is -1.07. The molecule has 0 aliphatic heterocycles. The Morgan fingerprint density at radius 1 is 1.60 bits per heavy atom. The molecule has 0 saturated heterocycles. The van der Waals surface area contributed by atoms with E-state index >= 15 is 0 Å². The van der Waals surface area contributed by atoms with Gasteiger partial charge in [-0.2, -0.15) is 11.8 Å². The predicted molar refractivity (Wildman–Crippen MR) is 82.1 cm³/mol. The summed E-state index contributed by atoms with van der Waals surface area (Å²) >= 11 is 1.77. The second kappa shape index (κ2) is 6.59. The fourth-order valence-corrected chi connectivity index (χ4v) is 3.69. The summed E-state index contributed by atoms with van der Waals surface area (Å²) in [5.41, 5.74) is 0.852. The number of pyridine rings is 1. The molecule has 20 heavy (non-hydrogen) atoms. The minimum atomic E-state index is -0.740. The molecule has 1 heterocycles. The number of carbonyl (C=O) groups excluding carboxylic acids is 1. The number of aryl methyl sites for hydroxylation is 1. The van der Waals surface area contributed by atoms with Crippen molar-refractivity contribution in [1.29, 1.82) is 0 Å². The summed E-state index contributed by atoms with van der Waals surface area (Å²) in [5, 5.41) is 13.6. The van der Waals surface area contributed by atoms with Gasteiger partial charge in [0.25, 0.3) is 5.91 Å². The van der Waals surface area contributed by atoms with E-state index in [1.54, 1.807) is 30.2 Å². The van der Waals surface area contributed by atoms with E-state index in [0.29, 0.717) is 12.1 Å². The van der Waals surface area contributed by atoms with Gasteiger partial charge < -0.3 is 10.4 Å². The zero-order chi connectivity index (χ0) is 14.6. The van der Waals surface area contributed by atoms with Gasteiger partial charge in [0.2, 0.25) is 0 Å². The molecule has 0 spiro atoms. The third kappa shape index (κ3) is 3.15. The van der Waals surface area contributed by atoms with Gasteiger partial charge in [0.15, 0.2) is 0 Å². The highest BCUT2D eigenvalue weighted by molar-refractivity contribution is 8.00. The van der Waals surface area contributed by atoms with E-state index in [0.717, 1.165) is 30.6 Å². The Bertz CT molecular complexity index is 481. The molecular weight excluding hydrogens is 272 g/mol. The summed E-state index contributed by atoms with van der Waals surface area (Å²) in [4.78, 5) is 16.3. The smallest absolute Gasteiger partial charge is 0.251 e. The number of hydrogen-bond donors (Lipinski definition) is 2. The molecule has 1 aliphatic rings. The fourth-order valence-electron chi connectivity index (χ4n) is 2.50. The van der Waals surface area contributed by atoms with Crippen LogP contribution in [0.4, 0.5) is 0 Å². The Labute approximate surface area is 124 Å². The molecule has 0 unspecified atom stereocenters. The van der Waals surface area contributed by atoms with E-state index in [-0.39, 0.29) is 11.2 Å². The number of aromatic nitrogens is 1. The molecule has 1 fully saturated rings. The van der Waals surface area contributed by atoms with Gasteiger partial charge >= 0.3 is 0 Å². The SMILES string of the molecule is CCS[C@H]1CC[C@]1(O)CNC(=O)c1ccncc1CC. The lowest BCUT2D eigenvalue weighted by molar-refractivity contribution is -0.0221. The molecule has 1 saturated carbocycles. The zero-order valence-electron chi connectivity index (χ0n) is 12.1. The molecule has 4 nitrogen and oxygen atoms in total. The van der Waals surface area contributed by atoms with Crippen LogP contribution in [0.5, 0.6) is 0 Å². The quantitative estimate of drug-likeness (QED) is 0.842. The molecule has 1 aromatic rings. The molecule has 1 aromatic heterocycles. The molecule has 2 N–H and O–H groups in total. The molecule has 1 aliphatic carbocycles. The van der Waals surface area contributed by atoms with E-state index in [9.17, 15) is 9.90 Å². The lowest BCUT2D eigenvalue weighted by Gasteiger charge is -2.45. The molecule has 2 rings (SSSR count). The molecule has 2 atom stereocenters. The van der Waals surface area contributed by atoms with Crippen molar-refractivity contribution >= 4 is 17.7 Å². The van der Waals surface area contributed by atoms with Gasteiger partial charge in [0.05, 0.1) is 5.60 Å². The molecule has 0 radical (unpaired) electrons. The van der Waals surface area contributed by atoms with Crippen LogP contribution in [0.3, 0.4) is 0 Å². The molecular formula is C15H22N2O2S. The number of carbonyl (C=O) groups is 1. The highest BCUT2D eigenvalue weighted by Crippen LogP contribution is 2.40. The van der Waals surface area contributed by atoms with Gasteiger partial charge in [0.1, 0.15) is 0 Å². The first kappa shape index (κ1) is 15.3. The van der Waals surface area contributed by atoms with Crippen LogP contribution in [0.15, 0.2) is 18.5 Å². The van der Waals surface area contributed by atoms with Gasteiger partial charge in [-0.15, -0.1) is 0 Å². The maximum Gasteiger partial charge on any atom is 0.251 e. The number of nitrogens with one attached hydrogen (secondary N) is 1. The first-order valence-corrected chi connectivity index (χ1v) is 8.20. The van der Waals surface area contributed by atoms with Gasteiger partial charge in [-0.25, -0.2) is 0 Å². The fraction of sp³-hybridized carbons (Fsp3) is 0.600. The van der Waals surface area contributed by atoms with Crippen molar-refractivity contribution in [2.24, 2.45) is 0 Å². The average molecular weight is 294 g/mol. The number of amides is 1. The van der Waals surface area contributed by atoms with Crippen LogP contribution in [0, 0.1) is 0 Å². The highest BCUT2D eigenvalue weighted by Gasteiger charge is 2.45. The van der Waals surface area contributed by atoms with E-state index in [1.165, 1.54) is 0 Å². The van der Waals surface area contributed by atoms with Crippen LogP contribution >= 0.6 is 11.8 Å². The zero-order valence-corrected chi connectivity index (χ0v) is 12.9. The Morgan fingerprint density at radius 2 is 2.40 bits per heavy atom. The van der Waals surface area contributed by atoms with E-state index in [4.69, 9.17) is 0 Å². The van der Waals surface area contributed by atoms with Crippen LogP contribution in [-0.2, 0) is 6.42 Å². The lowest BCUT2D eigenvalue weighted by Crippen LogP contribution is -2.57. The molecule has 0 bridgehead atoms. The van der Waals surface area contributed by atoms with Gasteiger partial charge in [0, 0.05) is 29.8 Å². The standard InChI is InChI=1S/C15H22N2O2S/c1-3-11-9-16-8-6-12(11)14(18)17-10-15(19)7-5-13(15)20-4-2/h6,8-9,13,19H,3-5,7,10H2,1-2H3,(H,17,18)/t13-,15-/m0/s1. The summed E-state index contributed by atoms with van der Waals surface area (Å²) in [6, 6.07) is 1.73. The van der Waals surface area contributed by atoms with Gasteiger partial charge in [-0.3, -0.25) is 9.78 Å². The first-order valence-electron chi connectivity index (χ1n) is 7.15. The number of thioether (sulfide) groups is 1. The van der Waals surface area contributed by atoms with Gasteiger partial charge in [-0.05, 0) is 36.6 Å². The van der Waals surface area contributed by atoms with E-state index < -0.39 is 5.60 Å². The number of aliphatic hydroxyl groups is 1. The third-order valence-electron chi connectivity index (χ3n) is 3.89. The summed E-state index contributed by atoms with van der Waals surface area (Å²) < 4.78 is 0. The van der Waals surface area contributed by atoms with Crippen LogP contribution in [-0.4, -0.2) is 39.1 Å². The minimum Gasteiger partial charge on any atom is -0.387 e. The van der Waals surface area contributed by atoms with Crippen molar-refractivity contribution in [1.82, 2.24) is 10.3 Å². The lowest BCUT2D eigenvalue weighted by atomic mass is 9.79. The second-order valence-electron chi connectivity index (χ2n) is 5.16. The van der Waals surface area contributed by atoms with Crippen LogP contribution < -0.4 is 5.32 Å². The van der Waals surface area contributed by atoms with E-state index in [2.05, 4.69) is 17.2 Å². The summed E-state index contributed by atoms with van der Waals surface area (Å²) in [7, 11) is 0. The van der Waals surface area contributed by atoms with Crippen molar-refractivity contribution in [2.45, 2.75) is 44.0 Å². The maximum absolute atomic E-state index is 12.2. The van der Waals surface area contributed by atoms with Crippen molar-refractivity contribution < 1.29 is 9.90 Å². The Morgan fingerprint density at radius 3 is 3.00 bits per heavy atom. The largest absolute Gasteiger partial charge is 0.387 e. The van der Waals surface area contributed by atoms with Crippen molar-refractivity contribution in [3.05, 3.63) is 29.6 Å². The maximum atomic E-state index is 12.2. The summed E-state index contributed by atoms with van der Waals surface area (Å²) in [5.74, 6) is 0.871. The normalized spacial score (nSPS) is 25.1. The number of hydrogen-bond acceptors (Lipinski definition) is 4. The van der Waals surface area contributed by atoms with Crippen LogP contribution in [0.2, 0.25) is 0 Å². The average Bonchev–Trinajstić information content (AvgIpc) is 2.48. The highest BCUT2D eigenvalue weighted by atomic mass is 32.2. The van der Waals surface area contributed by atoms with Crippen molar-refractivity contribution in [3.8, 4) is 0 Å². The molecule has 1 amide bonds. The third-order valence-corrected chi connectivity index (χ3v) is 5.30. The van der Waals surface area contributed by atoms with Crippen LogP contribution in [0.25, 0.3) is 0 Å². The monoisotopic (exact) mass is 294 g/mol. The molecule has 110 valence electrons. The van der Waals surface area contributed by atoms with E-state index in [1.807, 2.05) is 6.92 Å². The van der Waals surface area contributed by atoms with Gasteiger partial charge in [-0.1, -0.05) is 13.8 Å². The summed E-state index contributed by atoms with van der Waals surface area (Å²) in [6.07, 6.45) is 5.92. The Kier molecular flexibility index (Phi) is 5.05. The summed E-state index contributed by atoms with van der Waals surface area (Å²) in [6.45, 7) is 4.42. The molecule has 5 heteroatoms. The second-order valence-corrected chi connectivity index (χ2v) is 6.64. The van der Waals surface area contributed by atoms with Crippen molar-refractivity contribution in [3.63, 3.8) is 0 Å². The van der Waals surface area contributed by atoms with Crippen molar-refractivity contribution in [2.75, 3.05) is 12.3 Å².